The van der Waals surface area contributed by atoms with Gasteiger partial charge in [-0.1, -0.05) is 38.8 Å². The highest BCUT2D eigenvalue weighted by molar-refractivity contribution is 6.48. The van der Waals surface area contributed by atoms with E-state index in [9.17, 15) is 9.59 Å². The lowest BCUT2D eigenvalue weighted by molar-refractivity contribution is -0.110. The second kappa shape index (κ2) is 13.9. The van der Waals surface area contributed by atoms with E-state index >= 15 is 0 Å². The maximum Gasteiger partial charge on any atom is 0.274 e. The van der Waals surface area contributed by atoms with Gasteiger partial charge in [-0.15, -0.1) is 0 Å². The van der Waals surface area contributed by atoms with Gasteiger partial charge in [0.1, 0.15) is 11.4 Å². The number of nitrogens with zero attached hydrogens (tertiary/aromatic N) is 3. The molecule has 0 unspecified atom stereocenters. The molecule has 2 fully saturated rings. The van der Waals surface area contributed by atoms with Gasteiger partial charge >= 0.3 is 0 Å². The number of amides is 2. The van der Waals surface area contributed by atoms with Gasteiger partial charge in [-0.25, -0.2) is 4.98 Å². The van der Waals surface area contributed by atoms with Crippen molar-refractivity contribution in [1.29, 1.82) is 5.41 Å². The zero-order valence-electron chi connectivity index (χ0n) is 23.8. The van der Waals surface area contributed by atoms with E-state index in [4.69, 9.17) is 5.41 Å². The van der Waals surface area contributed by atoms with E-state index in [-0.39, 0.29) is 17.7 Å². The van der Waals surface area contributed by atoms with Crippen LogP contribution in [0.4, 0.5) is 5.69 Å². The SMILES string of the molecule is CC.Cc1ccc(-c2cncc(CN3CCCC3)c2)cc1C(=N)C(=O)Nc1ccc(C(=O)NC2CCCC2)nc1. The molecule has 8 heteroatoms. The quantitative estimate of drug-likeness (QED) is 0.315. The van der Waals surface area contributed by atoms with E-state index in [1.54, 1.807) is 12.1 Å². The number of nitrogens with one attached hydrogen (secondary N) is 3. The Morgan fingerprint density at radius 3 is 2.40 bits per heavy atom. The predicted molar refractivity (Wildman–Crippen MR) is 160 cm³/mol. The summed E-state index contributed by atoms with van der Waals surface area (Å²) in [6.45, 7) is 9.02. The van der Waals surface area contributed by atoms with E-state index < -0.39 is 5.91 Å². The summed E-state index contributed by atoms with van der Waals surface area (Å²) in [5, 5.41) is 14.3. The molecule has 1 aliphatic heterocycles. The third-order valence-corrected chi connectivity index (χ3v) is 7.41. The lowest BCUT2D eigenvalue weighted by Gasteiger charge is -2.15. The molecule has 0 atom stereocenters. The van der Waals surface area contributed by atoms with Gasteiger partial charge in [0.15, 0.2) is 0 Å². The normalized spacial score (nSPS) is 15.3. The number of rotatable bonds is 8. The van der Waals surface area contributed by atoms with Crippen molar-refractivity contribution in [3.8, 4) is 11.1 Å². The molecule has 5 rings (SSSR count). The van der Waals surface area contributed by atoms with Crippen molar-refractivity contribution in [1.82, 2.24) is 20.2 Å². The van der Waals surface area contributed by atoms with Crippen LogP contribution in [0.5, 0.6) is 0 Å². The second-order valence-corrected chi connectivity index (χ2v) is 10.3. The van der Waals surface area contributed by atoms with Crippen molar-refractivity contribution in [3.05, 3.63) is 77.4 Å². The Balaban J connectivity index is 0.00000181. The maximum atomic E-state index is 12.9. The first-order chi connectivity index (χ1) is 19.5. The third-order valence-electron chi connectivity index (χ3n) is 7.41. The minimum absolute atomic E-state index is 0.131. The summed E-state index contributed by atoms with van der Waals surface area (Å²) < 4.78 is 0. The summed E-state index contributed by atoms with van der Waals surface area (Å²) in [6.07, 6.45) is 12.0. The molecule has 2 aromatic heterocycles. The van der Waals surface area contributed by atoms with Gasteiger partial charge < -0.3 is 10.6 Å². The van der Waals surface area contributed by atoms with Gasteiger partial charge in [0.05, 0.1) is 11.9 Å². The minimum Gasteiger partial charge on any atom is -0.348 e. The molecule has 3 heterocycles. The van der Waals surface area contributed by atoms with E-state index in [1.807, 2.05) is 51.4 Å². The van der Waals surface area contributed by atoms with Crippen LogP contribution in [0.3, 0.4) is 0 Å². The number of carbonyl (C=O) groups excluding carboxylic acids is 2. The highest BCUT2D eigenvalue weighted by Gasteiger charge is 2.20. The van der Waals surface area contributed by atoms with Crippen molar-refractivity contribution >= 4 is 23.2 Å². The highest BCUT2D eigenvalue weighted by Crippen LogP contribution is 2.25. The average molecular weight is 541 g/mol. The van der Waals surface area contributed by atoms with Gasteiger partial charge in [-0.2, -0.15) is 0 Å². The molecule has 1 aliphatic carbocycles. The molecule has 1 saturated heterocycles. The van der Waals surface area contributed by atoms with Gasteiger partial charge in [0, 0.05) is 36.1 Å². The van der Waals surface area contributed by atoms with Crippen LogP contribution in [-0.2, 0) is 11.3 Å². The maximum absolute atomic E-state index is 12.9. The molecule has 0 bridgehead atoms. The Bertz CT molecular complexity index is 1330. The highest BCUT2D eigenvalue weighted by atomic mass is 16.2. The molecule has 0 radical (unpaired) electrons. The van der Waals surface area contributed by atoms with Crippen molar-refractivity contribution in [2.75, 3.05) is 18.4 Å². The molecule has 210 valence electrons. The molecule has 3 aromatic rings. The third kappa shape index (κ3) is 7.39. The molecular weight excluding hydrogens is 500 g/mol. The van der Waals surface area contributed by atoms with Crippen LogP contribution < -0.4 is 10.6 Å². The molecule has 2 aliphatic rings. The Hall–Kier alpha value is -3.91. The molecule has 1 saturated carbocycles. The second-order valence-electron chi connectivity index (χ2n) is 10.3. The van der Waals surface area contributed by atoms with Crippen molar-refractivity contribution in [2.45, 2.75) is 71.9 Å². The lowest BCUT2D eigenvalue weighted by atomic mass is 9.97. The number of likely N-dealkylation sites (tertiary alicyclic amines) is 1. The first-order valence-corrected chi connectivity index (χ1v) is 14.4. The number of aryl methyl sites for hydroxylation is 1. The van der Waals surface area contributed by atoms with Crippen LogP contribution in [0.2, 0.25) is 0 Å². The number of anilines is 1. The fourth-order valence-electron chi connectivity index (χ4n) is 5.25. The van der Waals surface area contributed by atoms with Gasteiger partial charge in [0.2, 0.25) is 0 Å². The summed E-state index contributed by atoms with van der Waals surface area (Å²) in [5.41, 5.74) is 5.06. The molecular formula is C32H40N6O2. The molecule has 0 spiro atoms. The standard InChI is InChI=1S/C30H34N6O2.C2H6/c1-20-8-9-22(23-14-21(16-32-17-23)19-36-12-4-5-13-36)15-26(20)28(31)30(38)35-25-10-11-27(33-18-25)29(37)34-24-6-2-3-7-24;1-2/h8-11,14-18,24,31H,2-7,12-13,19H2,1H3,(H,34,37)(H,35,38);1-2H3. The lowest BCUT2D eigenvalue weighted by Crippen LogP contribution is -2.33. The molecule has 2 amide bonds. The Morgan fingerprint density at radius 1 is 0.950 bits per heavy atom. The smallest absolute Gasteiger partial charge is 0.274 e. The number of benzene rings is 1. The van der Waals surface area contributed by atoms with Crippen molar-refractivity contribution in [2.24, 2.45) is 0 Å². The van der Waals surface area contributed by atoms with Crippen LogP contribution in [0.1, 0.15) is 79.6 Å². The van der Waals surface area contributed by atoms with Crippen molar-refractivity contribution in [3.63, 3.8) is 0 Å². The predicted octanol–water partition coefficient (Wildman–Crippen LogP) is 5.75. The minimum atomic E-state index is -0.531. The number of hydrogen-bond donors (Lipinski definition) is 3. The monoisotopic (exact) mass is 540 g/mol. The molecule has 3 N–H and O–H groups in total. The first kappa shape index (κ1) is 29.1. The number of aromatic nitrogens is 2. The fraction of sp³-hybridized carbons (Fsp3) is 0.406. The summed E-state index contributed by atoms with van der Waals surface area (Å²) in [5.74, 6) is -0.731. The van der Waals surface area contributed by atoms with Crippen molar-refractivity contribution < 1.29 is 9.59 Å². The topological polar surface area (TPSA) is 111 Å². The van der Waals surface area contributed by atoms with Crippen LogP contribution in [-0.4, -0.2) is 51.5 Å². The van der Waals surface area contributed by atoms with Gasteiger partial charge in [-0.3, -0.25) is 24.9 Å². The molecule has 40 heavy (non-hydrogen) atoms. The van der Waals surface area contributed by atoms with Gasteiger partial charge in [-0.05, 0) is 86.7 Å². The fourth-order valence-corrected chi connectivity index (χ4v) is 5.25. The summed E-state index contributed by atoms with van der Waals surface area (Å²) in [6, 6.07) is 11.4. The van der Waals surface area contributed by atoms with Crippen LogP contribution in [0.15, 0.2) is 55.0 Å². The molecule has 1 aromatic carbocycles. The average Bonchev–Trinajstić information content (AvgIpc) is 3.69. The van der Waals surface area contributed by atoms with E-state index in [0.717, 1.165) is 67.6 Å². The number of carbonyl (C=O) groups is 2. The zero-order valence-corrected chi connectivity index (χ0v) is 23.8. The summed E-state index contributed by atoms with van der Waals surface area (Å²) >= 11 is 0. The van der Waals surface area contributed by atoms with Crippen LogP contribution in [0, 0.1) is 12.3 Å². The van der Waals surface area contributed by atoms with E-state index in [1.165, 1.54) is 19.0 Å². The Labute approximate surface area is 237 Å². The Morgan fingerprint density at radius 2 is 1.70 bits per heavy atom. The number of hydrogen-bond acceptors (Lipinski definition) is 6. The Kier molecular flexibility index (Phi) is 10.1. The van der Waals surface area contributed by atoms with E-state index in [0.29, 0.717) is 16.9 Å². The number of pyridine rings is 2. The van der Waals surface area contributed by atoms with Gasteiger partial charge in [0.25, 0.3) is 11.8 Å². The van der Waals surface area contributed by atoms with Crippen LogP contribution in [0.25, 0.3) is 11.1 Å². The zero-order chi connectivity index (χ0) is 28.5. The first-order valence-electron chi connectivity index (χ1n) is 14.4. The van der Waals surface area contributed by atoms with Crippen LogP contribution >= 0.6 is 0 Å². The summed E-state index contributed by atoms with van der Waals surface area (Å²) in [4.78, 5) is 36.5. The largest absolute Gasteiger partial charge is 0.348 e. The molecule has 8 nitrogen and oxygen atoms in total. The summed E-state index contributed by atoms with van der Waals surface area (Å²) in [7, 11) is 0. The van der Waals surface area contributed by atoms with E-state index in [2.05, 4.69) is 31.6 Å².